The Bertz CT molecular complexity index is 271. The molecule has 0 nitrogen and oxygen atoms in total. The fourth-order valence-electron chi connectivity index (χ4n) is 0.544. The molecule has 0 aliphatic carbocycles. The first-order valence-electron chi connectivity index (χ1n) is 2.52. The van der Waals surface area contributed by atoms with E-state index in [1.54, 1.807) is 0 Å². The van der Waals surface area contributed by atoms with Crippen molar-refractivity contribution in [3.63, 3.8) is 0 Å². The van der Waals surface area contributed by atoms with Gasteiger partial charge in [0.2, 0.25) is 0 Å². The van der Waals surface area contributed by atoms with Gasteiger partial charge in [-0.05, 0) is 28.7 Å². The quantitative estimate of drug-likeness (QED) is 0.296. The van der Waals surface area contributed by atoms with Crippen molar-refractivity contribution >= 4 is 22.6 Å². The SMILES string of the molecule is Fc1cc(I)c(F)c(F)c1F. The second-order valence-corrected chi connectivity index (χ2v) is 2.94. The third-order valence-electron chi connectivity index (χ3n) is 1.06. The van der Waals surface area contributed by atoms with E-state index in [2.05, 4.69) is 0 Å². The van der Waals surface area contributed by atoms with Crippen LogP contribution in [0.3, 0.4) is 0 Å². The van der Waals surface area contributed by atoms with Gasteiger partial charge in [-0.25, -0.2) is 17.6 Å². The maximum absolute atomic E-state index is 12.4. The summed E-state index contributed by atoms with van der Waals surface area (Å²) in [4.78, 5) is 0. The lowest BCUT2D eigenvalue weighted by Gasteiger charge is -1.97. The van der Waals surface area contributed by atoms with E-state index in [0.29, 0.717) is 6.07 Å². The molecular weight excluding hydrogens is 275 g/mol. The zero-order valence-corrected chi connectivity index (χ0v) is 7.12. The van der Waals surface area contributed by atoms with Gasteiger partial charge in [-0.2, -0.15) is 0 Å². The molecule has 0 N–H and O–H groups in total. The molecule has 0 bridgehead atoms. The van der Waals surface area contributed by atoms with Crippen LogP contribution in [0.5, 0.6) is 0 Å². The molecule has 0 unspecified atom stereocenters. The minimum atomic E-state index is -1.78. The maximum atomic E-state index is 12.4. The van der Waals surface area contributed by atoms with Crippen LogP contribution in [0.4, 0.5) is 17.6 Å². The molecule has 11 heavy (non-hydrogen) atoms. The van der Waals surface area contributed by atoms with Crippen molar-refractivity contribution in [2.24, 2.45) is 0 Å². The summed E-state index contributed by atoms with van der Waals surface area (Å²) in [6.07, 6.45) is 0. The Labute approximate surface area is 73.4 Å². The van der Waals surface area contributed by atoms with Crippen LogP contribution in [0.2, 0.25) is 0 Å². The van der Waals surface area contributed by atoms with Gasteiger partial charge in [0.25, 0.3) is 0 Å². The summed E-state index contributed by atoms with van der Waals surface area (Å²) in [5.74, 6) is -6.28. The number of hydrogen-bond acceptors (Lipinski definition) is 0. The summed E-state index contributed by atoms with van der Waals surface area (Å²) in [7, 11) is 0. The van der Waals surface area contributed by atoms with E-state index in [4.69, 9.17) is 0 Å². The van der Waals surface area contributed by atoms with Gasteiger partial charge in [0.05, 0.1) is 3.57 Å². The predicted molar refractivity (Wildman–Crippen MR) is 39.0 cm³/mol. The van der Waals surface area contributed by atoms with Crippen LogP contribution in [0.25, 0.3) is 0 Å². The van der Waals surface area contributed by atoms with Crippen molar-refractivity contribution in [1.29, 1.82) is 0 Å². The smallest absolute Gasteiger partial charge is 0.198 e. The lowest BCUT2D eigenvalue weighted by atomic mass is 10.3. The highest BCUT2D eigenvalue weighted by Crippen LogP contribution is 2.19. The molecule has 0 atom stereocenters. The Balaban J connectivity index is 3.46. The van der Waals surface area contributed by atoms with Crippen LogP contribution in [0.15, 0.2) is 6.07 Å². The minimum absolute atomic E-state index is 0.279. The predicted octanol–water partition coefficient (Wildman–Crippen LogP) is 2.85. The highest BCUT2D eigenvalue weighted by Gasteiger charge is 2.16. The fourth-order valence-corrected chi connectivity index (χ4v) is 1.05. The zero-order valence-electron chi connectivity index (χ0n) is 4.97. The van der Waals surface area contributed by atoms with E-state index in [9.17, 15) is 17.6 Å². The summed E-state index contributed by atoms with van der Waals surface area (Å²) in [5, 5.41) is 0. The molecule has 1 aromatic carbocycles. The van der Waals surface area contributed by atoms with Gasteiger partial charge in [0.15, 0.2) is 23.3 Å². The van der Waals surface area contributed by atoms with Crippen molar-refractivity contribution in [3.05, 3.63) is 32.9 Å². The zero-order chi connectivity index (χ0) is 8.59. The van der Waals surface area contributed by atoms with Crippen LogP contribution in [0, 0.1) is 26.8 Å². The van der Waals surface area contributed by atoms with Gasteiger partial charge in [-0.1, -0.05) is 0 Å². The normalized spacial score (nSPS) is 10.3. The first kappa shape index (κ1) is 8.76. The molecule has 5 heteroatoms. The first-order valence-corrected chi connectivity index (χ1v) is 3.60. The fraction of sp³-hybridized carbons (Fsp3) is 0. The van der Waals surface area contributed by atoms with Crippen molar-refractivity contribution in [2.75, 3.05) is 0 Å². The number of rotatable bonds is 0. The molecule has 0 saturated heterocycles. The monoisotopic (exact) mass is 276 g/mol. The molecule has 0 saturated carbocycles. The molecule has 0 aliphatic rings. The van der Waals surface area contributed by atoms with Gasteiger partial charge >= 0.3 is 0 Å². The van der Waals surface area contributed by atoms with E-state index in [-0.39, 0.29) is 3.57 Å². The standard InChI is InChI=1S/C6HF4I/c7-2-1-3(11)5(9)6(10)4(2)8/h1H. The molecule has 1 rings (SSSR count). The van der Waals surface area contributed by atoms with Gasteiger partial charge < -0.3 is 0 Å². The molecule has 0 aromatic heterocycles. The van der Waals surface area contributed by atoms with Crippen molar-refractivity contribution in [2.45, 2.75) is 0 Å². The Morgan fingerprint density at radius 2 is 1.45 bits per heavy atom. The van der Waals surface area contributed by atoms with Crippen LogP contribution in [0.1, 0.15) is 0 Å². The molecule has 0 fully saturated rings. The van der Waals surface area contributed by atoms with E-state index in [1.165, 1.54) is 22.6 Å². The summed E-state index contributed by atoms with van der Waals surface area (Å²) in [6, 6.07) is 0.592. The first-order chi connectivity index (χ1) is 5.04. The van der Waals surface area contributed by atoms with E-state index in [0.717, 1.165) is 0 Å². The third-order valence-corrected chi connectivity index (χ3v) is 1.84. The summed E-state index contributed by atoms with van der Waals surface area (Å²) >= 11 is 1.37. The van der Waals surface area contributed by atoms with E-state index < -0.39 is 23.3 Å². The largest absolute Gasteiger partial charge is 0.204 e. The Hall–Kier alpha value is -0.330. The minimum Gasteiger partial charge on any atom is -0.204 e. The Morgan fingerprint density at radius 3 is 2.00 bits per heavy atom. The lowest BCUT2D eigenvalue weighted by Crippen LogP contribution is -1.97. The number of halogens is 5. The van der Waals surface area contributed by atoms with Gasteiger partial charge in [-0.3, -0.25) is 0 Å². The summed E-state index contributed by atoms with van der Waals surface area (Å²) < 4.78 is 48.8. The van der Waals surface area contributed by atoms with Crippen LogP contribution < -0.4 is 0 Å². The molecule has 0 spiro atoms. The maximum Gasteiger partial charge on any atom is 0.198 e. The Morgan fingerprint density at radius 1 is 0.909 bits per heavy atom. The summed E-state index contributed by atoms with van der Waals surface area (Å²) in [6.45, 7) is 0. The van der Waals surface area contributed by atoms with Crippen molar-refractivity contribution < 1.29 is 17.6 Å². The van der Waals surface area contributed by atoms with Crippen molar-refractivity contribution in [1.82, 2.24) is 0 Å². The highest BCUT2D eigenvalue weighted by atomic mass is 127. The second-order valence-electron chi connectivity index (χ2n) is 1.78. The summed E-state index contributed by atoms with van der Waals surface area (Å²) in [5.41, 5.74) is 0. The number of hydrogen-bond donors (Lipinski definition) is 0. The van der Waals surface area contributed by atoms with Gasteiger partial charge in [0, 0.05) is 0 Å². The molecular formula is C6HF4I. The molecule has 1 aromatic rings. The molecule has 0 radical (unpaired) electrons. The van der Waals surface area contributed by atoms with Gasteiger partial charge in [0.1, 0.15) is 0 Å². The Kier molecular flexibility index (Phi) is 2.36. The van der Waals surface area contributed by atoms with Crippen LogP contribution >= 0.6 is 22.6 Å². The molecule has 0 amide bonds. The third kappa shape index (κ3) is 1.47. The van der Waals surface area contributed by atoms with Crippen LogP contribution in [-0.4, -0.2) is 0 Å². The number of benzene rings is 1. The van der Waals surface area contributed by atoms with Crippen molar-refractivity contribution in [3.8, 4) is 0 Å². The second kappa shape index (κ2) is 2.96. The van der Waals surface area contributed by atoms with E-state index >= 15 is 0 Å². The van der Waals surface area contributed by atoms with Crippen LogP contribution in [-0.2, 0) is 0 Å². The average Bonchev–Trinajstić information content (AvgIpc) is 1.97. The molecule has 0 heterocycles. The molecule has 0 aliphatic heterocycles. The van der Waals surface area contributed by atoms with E-state index in [1.807, 2.05) is 0 Å². The lowest BCUT2D eigenvalue weighted by molar-refractivity contribution is 0.406. The average molecular weight is 276 g/mol. The highest BCUT2D eigenvalue weighted by molar-refractivity contribution is 14.1. The molecule has 60 valence electrons. The topological polar surface area (TPSA) is 0 Å². The van der Waals surface area contributed by atoms with Gasteiger partial charge in [-0.15, -0.1) is 0 Å².